The molecular weight excluding hydrogens is 392 g/mol. The number of anilines is 2. The Hall–Kier alpha value is -2.87. The second kappa shape index (κ2) is 7.87. The predicted molar refractivity (Wildman–Crippen MR) is 113 cm³/mol. The highest BCUT2D eigenvalue weighted by atomic mass is 35.5. The number of carbonyl (C=O) groups excluding carboxylic acids is 1. The van der Waals surface area contributed by atoms with Crippen LogP contribution in [0, 0.1) is 5.92 Å². The van der Waals surface area contributed by atoms with Crippen molar-refractivity contribution in [2.75, 3.05) is 30.3 Å². The number of rotatable bonds is 4. The van der Waals surface area contributed by atoms with Crippen molar-refractivity contribution in [1.82, 2.24) is 19.7 Å². The fraction of sp³-hybridized carbons (Fsp3) is 0.400. The highest BCUT2D eigenvalue weighted by Gasteiger charge is 2.29. The molecule has 29 heavy (non-hydrogen) atoms. The molecule has 2 N–H and O–H groups in total. The van der Waals surface area contributed by atoms with E-state index >= 15 is 0 Å². The molecule has 0 bridgehead atoms. The fourth-order valence-corrected chi connectivity index (χ4v) is 3.93. The maximum absolute atomic E-state index is 12.2. The number of aromatic nitrogens is 4. The molecule has 1 aromatic carbocycles. The zero-order valence-electron chi connectivity index (χ0n) is 16.4. The van der Waals surface area contributed by atoms with Crippen LogP contribution in [0.15, 0.2) is 24.3 Å². The molecule has 4 rings (SSSR count). The van der Waals surface area contributed by atoms with Crippen LogP contribution in [-0.2, 0) is 16.6 Å². The molecule has 1 aliphatic heterocycles. The second-order valence-electron chi connectivity index (χ2n) is 7.10. The Labute approximate surface area is 173 Å². The van der Waals surface area contributed by atoms with Gasteiger partial charge in [-0.15, -0.1) is 0 Å². The lowest BCUT2D eigenvalue weighted by atomic mass is 9.98. The maximum atomic E-state index is 12.2. The monoisotopic (exact) mass is 414 g/mol. The van der Waals surface area contributed by atoms with E-state index in [4.69, 9.17) is 27.1 Å². The molecule has 8 nitrogen and oxygen atoms in total. The Kier molecular flexibility index (Phi) is 5.27. The third kappa shape index (κ3) is 3.60. The second-order valence-corrected chi connectivity index (χ2v) is 7.50. The van der Waals surface area contributed by atoms with Crippen LogP contribution in [-0.4, -0.2) is 45.4 Å². The highest BCUT2D eigenvalue weighted by Crippen LogP contribution is 2.36. The summed E-state index contributed by atoms with van der Waals surface area (Å²) in [5, 5.41) is 5.69. The van der Waals surface area contributed by atoms with Crippen LogP contribution in [0.5, 0.6) is 0 Å². The number of piperidine rings is 1. The van der Waals surface area contributed by atoms with Crippen LogP contribution in [0.25, 0.3) is 22.3 Å². The summed E-state index contributed by atoms with van der Waals surface area (Å²) in [6.45, 7) is 3.46. The minimum Gasteiger partial charge on any atom is -0.466 e. The number of carbonyl (C=O) groups is 1. The number of fused-ring (bicyclic) bond motifs is 1. The van der Waals surface area contributed by atoms with Gasteiger partial charge in [0.2, 0.25) is 5.95 Å². The lowest BCUT2D eigenvalue weighted by Crippen LogP contribution is -2.40. The molecule has 9 heteroatoms. The number of hydrogen-bond acceptors (Lipinski definition) is 7. The molecule has 1 fully saturated rings. The normalized spacial score (nSPS) is 16.9. The van der Waals surface area contributed by atoms with Gasteiger partial charge in [0, 0.05) is 30.7 Å². The van der Waals surface area contributed by atoms with E-state index < -0.39 is 0 Å². The number of halogens is 1. The number of esters is 1. The lowest BCUT2D eigenvalue weighted by molar-refractivity contribution is -0.148. The minimum absolute atomic E-state index is 0.174. The molecule has 0 radical (unpaired) electrons. The predicted octanol–water partition coefficient (Wildman–Crippen LogP) is 3.05. The van der Waals surface area contributed by atoms with Gasteiger partial charge in [-0.05, 0) is 25.8 Å². The highest BCUT2D eigenvalue weighted by molar-refractivity contribution is 6.33. The molecule has 152 valence electrons. The average molecular weight is 415 g/mol. The van der Waals surface area contributed by atoms with Crippen LogP contribution in [0.1, 0.15) is 19.8 Å². The maximum Gasteiger partial charge on any atom is 0.310 e. The Morgan fingerprint density at radius 3 is 2.90 bits per heavy atom. The van der Waals surface area contributed by atoms with Gasteiger partial charge in [0.05, 0.1) is 23.6 Å². The topological polar surface area (TPSA) is 99.2 Å². The third-order valence-electron chi connectivity index (χ3n) is 5.18. The van der Waals surface area contributed by atoms with E-state index in [1.165, 1.54) is 0 Å². The summed E-state index contributed by atoms with van der Waals surface area (Å²) in [7, 11) is 1.77. The van der Waals surface area contributed by atoms with Gasteiger partial charge in [-0.25, -0.2) is 4.98 Å². The largest absolute Gasteiger partial charge is 0.466 e. The molecule has 1 saturated heterocycles. The average Bonchev–Trinajstić information content (AvgIpc) is 3.02. The minimum atomic E-state index is -0.194. The van der Waals surface area contributed by atoms with Crippen LogP contribution in [0.2, 0.25) is 5.02 Å². The number of benzene rings is 1. The van der Waals surface area contributed by atoms with Crippen molar-refractivity contribution in [1.29, 1.82) is 0 Å². The van der Waals surface area contributed by atoms with Crippen molar-refractivity contribution >= 4 is 40.4 Å². The summed E-state index contributed by atoms with van der Waals surface area (Å²) in [5.74, 6) is 0.622. The van der Waals surface area contributed by atoms with Crippen molar-refractivity contribution in [2.45, 2.75) is 19.8 Å². The fourth-order valence-electron chi connectivity index (χ4n) is 3.70. The van der Waals surface area contributed by atoms with E-state index in [0.717, 1.165) is 24.9 Å². The number of nitrogens with two attached hydrogens (primary N) is 1. The first-order chi connectivity index (χ1) is 14.0. The van der Waals surface area contributed by atoms with Crippen molar-refractivity contribution < 1.29 is 9.53 Å². The first kappa shape index (κ1) is 19.4. The Bertz CT molecular complexity index is 1070. The number of nitrogens with zero attached hydrogens (tertiary/aromatic N) is 5. The third-order valence-corrected chi connectivity index (χ3v) is 5.51. The SMILES string of the molecule is CCOC(=O)C1CCCN(c2nc(-c3ccccc3Cl)c3c(N)n(C)nc3n2)C1. The van der Waals surface area contributed by atoms with Crippen LogP contribution in [0.4, 0.5) is 11.8 Å². The van der Waals surface area contributed by atoms with Gasteiger partial charge in [0.1, 0.15) is 5.82 Å². The first-order valence-electron chi connectivity index (χ1n) is 9.66. The molecule has 0 amide bonds. The van der Waals surface area contributed by atoms with Gasteiger partial charge in [0.15, 0.2) is 5.65 Å². The Morgan fingerprint density at radius 2 is 2.14 bits per heavy atom. The van der Waals surface area contributed by atoms with Crippen LogP contribution < -0.4 is 10.6 Å². The smallest absolute Gasteiger partial charge is 0.310 e. The number of aryl methyl sites for hydroxylation is 1. The summed E-state index contributed by atoms with van der Waals surface area (Å²) in [6.07, 6.45) is 1.65. The standard InChI is InChI=1S/C20H23ClN6O2/c1-3-29-19(28)12-7-6-10-27(11-12)20-23-16(13-8-4-5-9-14(13)21)15-17(22)26(2)25-18(15)24-20/h4-5,8-9,12H,3,6-7,10-11,22H2,1-2H3. The van der Waals surface area contributed by atoms with E-state index in [9.17, 15) is 4.79 Å². The van der Waals surface area contributed by atoms with Crippen LogP contribution >= 0.6 is 11.6 Å². The lowest BCUT2D eigenvalue weighted by Gasteiger charge is -2.31. The van der Waals surface area contributed by atoms with Crippen molar-refractivity contribution in [2.24, 2.45) is 13.0 Å². The molecule has 1 unspecified atom stereocenters. The molecule has 0 aliphatic carbocycles. The molecular formula is C20H23ClN6O2. The summed E-state index contributed by atoms with van der Waals surface area (Å²) >= 11 is 6.45. The molecule has 0 spiro atoms. The summed E-state index contributed by atoms with van der Waals surface area (Å²) in [6, 6.07) is 7.48. The Morgan fingerprint density at radius 1 is 1.34 bits per heavy atom. The van der Waals surface area contributed by atoms with Crippen molar-refractivity contribution in [3.63, 3.8) is 0 Å². The van der Waals surface area contributed by atoms with Gasteiger partial charge in [-0.2, -0.15) is 10.1 Å². The first-order valence-corrected chi connectivity index (χ1v) is 10.0. The Balaban J connectivity index is 1.80. The van der Waals surface area contributed by atoms with E-state index in [2.05, 4.69) is 10.1 Å². The molecule has 1 atom stereocenters. The number of hydrogen-bond donors (Lipinski definition) is 1. The van der Waals surface area contributed by atoms with Gasteiger partial charge >= 0.3 is 5.97 Å². The molecule has 2 aromatic heterocycles. The number of ether oxygens (including phenoxy) is 1. The number of nitrogen functional groups attached to an aromatic ring is 1. The zero-order chi connectivity index (χ0) is 20.5. The molecule has 0 saturated carbocycles. The molecule has 3 heterocycles. The van der Waals surface area contributed by atoms with E-state index in [1.807, 2.05) is 36.1 Å². The van der Waals surface area contributed by atoms with E-state index in [0.29, 0.717) is 46.7 Å². The zero-order valence-corrected chi connectivity index (χ0v) is 17.2. The van der Waals surface area contributed by atoms with Gasteiger partial charge in [-0.1, -0.05) is 29.8 Å². The van der Waals surface area contributed by atoms with E-state index in [-0.39, 0.29) is 11.9 Å². The van der Waals surface area contributed by atoms with Crippen molar-refractivity contribution in [3.8, 4) is 11.3 Å². The van der Waals surface area contributed by atoms with Gasteiger partial charge < -0.3 is 15.4 Å². The molecule has 1 aliphatic rings. The van der Waals surface area contributed by atoms with Crippen LogP contribution in [0.3, 0.4) is 0 Å². The summed E-state index contributed by atoms with van der Waals surface area (Å²) < 4.78 is 6.79. The van der Waals surface area contributed by atoms with Gasteiger partial charge in [0.25, 0.3) is 0 Å². The van der Waals surface area contributed by atoms with Crippen molar-refractivity contribution in [3.05, 3.63) is 29.3 Å². The van der Waals surface area contributed by atoms with Gasteiger partial charge in [-0.3, -0.25) is 9.48 Å². The summed E-state index contributed by atoms with van der Waals surface area (Å²) in [5.41, 5.74) is 8.16. The summed E-state index contributed by atoms with van der Waals surface area (Å²) in [4.78, 5) is 23.7. The van der Waals surface area contributed by atoms with E-state index in [1.54, 1.807) is 11.7 Å². The quantitative estimate of drug-likeness (QED) is 0.655. The molecule has 3 aromatic rings.